The van der Waals surface area contributed by atoms with Crippen LogP contribution in [0.15, 0.2) is 82.7 Å². The second-order valence-corrected chi connectivity index (χ2v) is 7.21. The molecule has 0 bridgehead atoms. The van der Waals surface area contributed by atoms with E-state index in [1.165, 1.54) is 12.1 Å². The highest BCUT2D eigenvalue weighted by atomic mass is 32.2. The maximum Gasteiger partial charge on any atom is 0.339 e. The Bertz CT molecular complexity index is 1020. The molecular weight excluding hydrogens is 350 g/mol. The van der Waals surface area contributed by atoms with E-state index >= 15 is 0 Å². The molecule has 0 atom stereocenters. The molecule has 5 nitrogen and oxygen atoms in total. The maximum absolute atomic E-state index is 12.5. The van der Waals surface area contributed by atoms with Gasteiger partial charge in [0.15, 0.2) is 5.75 Å². The minimum atomic E-state index is -3.95. The van der Waals surface area contributed by atoms with E-state index in [1.54, 1.807) is 66.9 Å². The fraction of sp³-hybridized carbons (Fsp3) is 0.0500. The number of para-hydroxylation sites is 2. The van der Waals surface area contributed by atoms with Crippen LogP contribution in [0.4, 0.5) is 5.69 Å². The van der Waals surface area contributed by atoms with Crippen molar-refractivity contribution in [3.63, 3.8) is 0 Å². The van der Waals surface area contributed by atoms with Gasteiger partial charge >= 0.3 is 10.1 Å². The zero-order chi connectivity index (χ0) is 18.6. The predicted octanol–water partition coefficient (Wildman–Crippen LogP) is 4.22. The van der Waals surface area contributed by atoms with Crippen molar-refractivity contribution in [2.45, 2.75) is 11.8 Å². The highest BCUT2D eigenvalue weighted by Gasteiger charge is 2.18. The van der Waals surface area contributed by atoms with Gasteiger partial charge in [0, 0.05) is 6.21 Å². The Balaban J connectivity index is 1.87. The van der Waals surface area contributed by atoms with E-state index in [2.05, 4.69) is 4.99 Å². The first-order valence-electron chi connectivity index (χ1n) is 7.87. The van der Waals surface area contributed by atoms with Gasteiger partial charge in [-0.15, -0.1) is 0 Å². The summed E-state index contributed by atoms with van der Waals surface area (Å²) < 4.78 is 30.2. The summed E-state index contributed by atoms with van der Waals surface area (Å²) in [5, 5.41) is 9.31. The van der Waals surface area contributed by atoms with E-state index < -0.39 is 10.1 Å². The summed E-state index contributed by atoms with van der Waals surface area (Å²) in [5.74, 6) is 0.304. The van der Waals surface area contributed by atoms with E-state index in [1.807, 2.05) is 6.92 Å². The van der Waals surface area contributed by atoms with Crippen molar-refractivity contribution in [1.82, 2.24) is 0 Å². The van der Waals surface area contributed by atoms with Gasteiger partial charge in [0.25, 0.3) is 0 Å². The molecule has 0 aliphatic rings. The number of aryl methyl sites for hydroxylation is 1. The summed E-state index contributed by atoms with van der Waals surface area (Å²) in [6.45, 7) is 1.88. The van der Waals surface area contributed by atoms with Gasteiger partial charge in [-0.05, 0) is 61.0 Å². The van der Waals surface area contributed by atoms with E-state index in [0.29, 0.717) is 5.69 Å². The van der Waals surface area contributed by atoms with Crippen LogP contribution >= 0.6 is 0 Å². The monoisotopic (exact) mass is 367 g/mol. The van der Waals surface area contributed by atoms with Gasteiger partial charge in [-0.1, -0.05) is 29.8 Å². The first-order valence-corrected chi connectivity index (χ1v) is 9.28. The summed E-state index contributed by atoms with van der Waals surface area (Å²) in [6.07, 6.45) is 1.57. The molecule has 0 fully saturated rings. The highest BCUT2D eigenvalue weighted by Crippen LogP contribution is 2.30. The van der Waals surface area contributed by atoms with E-state index in [-0.39, 0.29) is 16.4 Å². The van der Waals surface area contributed by atoms with Gasteiger partial charge in [-0.25, -0.2) is 0 Å². The normalized spacial score (nSPS) is 11.6. The molecule has 26 heavy (non-hydrogen) atoms. The third kappa shape index (κ3) is 4.29. The number of rotatable bonds is 5. The largest absolute Gasteiger partial charge is 0.508 e. The first kappa shape index (κ1) is 17.7. The average Bonchev–Trinajstić information content (AvgIpc) is 2.62. The third-order valence-electron chi connectivity index (χ3n) is 3.62. The molecule has 3 aromatic carbocycles. The van der Waals surface area contributed by atoms with Crippen molar-refractivity contribution in [3.8, 4) is 11.5 Å². The number of nitrogens with zero attached hydrogens (tertiary/aromatic N) is 1. The molecule has 0 aliphatic carbocycles. The summed E-state index contributed by atoms with van der Waals surface area (Å²) in [7, 11) is -3.95. The molecule has 0 saturated carbocycles. The molecule has 0 aliphatic heterocycles. The molecule has 0 amide bonds. The standard InChI is InChI=1S/C20H17NO4S/c1-15-6-12-18(13-7-15)26(23,24)25-20-5-3-2-4-19(20)21-14-16-8-10-17(22)11-9-16/h2-14,22H,1H3. The number of hydrogen-bond acceptors (Lipinski definition) is 5. The quantitative estimate of drug-likeness (QED) is 0.541. The number of phenols is 1. The Morgan fingerprint density at radius 1 is 0.923 bits per heavy atom. The molecular formula is C20H17NO4S. The van der Waals surface area contributed by atoms with Crippen LogP contribution < -0.4 is 4.18 Å². The summed E-state index contributed by atoms with van der Waals surface area (Å²) in [4.78, 5) is 4.39. The van der Waals surface area contributed by atoms with Crippen molar-refractivity contribution in [2.75, 3.05) is 0 Å². The predicted molar refractivity (Wildman–Crippen MR) is 101 cm³/mol. The fourth-order valence-corrected chi connectivity index (χ4v) is 3.15. The van der Waals surface area contributed by atoms with E-state index in [0.717, 1.165) is 11.1 Å². The van der Waals surface area contributed by atoms with Crippen LogP contribution in [-0.2, 0) is 10.1 Å². The van der Waals surface area contributed by atoms with Gasteiger partial charge in [-0.3, -0.25) is 4.99 Å². The van der Waals surface area contributed by atoms with Gasteiger partial charge in [-0.2, -0.15) is 8.42 Å². The zero-order valence-corrected chi connectivity index (χ0v) is 14.8. The molecule has 0 aromatic heterocycles. The Hall–Kier alpha value is -3.12. The molecule has 6 heteroatoms. The van der Waals surface area contributed by atoms with Crippen LogP contribution in [-0.4, -0.2) is 19.7 Å². The van der Waals surface area contributed by atoms with Crippen molar-refractivity contribution in [3.05, 3.63) is 83.9 Å². The van der Waals surface area contributed by atoms with Crippen LogP contribution in [0, 0.1) is 6.92 Å². The lowest BCUT2D eigenvalue weighted by Gasteiger charge is -2.09. The van der Waals surface area contributed by atoms with Crippen molar-refractivity contribution >= 4 is 22.0 Å². The smallest absolute Gasteiger partial charge is 0.339 e. The van der Waals surface area contributed by atoms with Crippen molar-refractivity contribution in [2.24, 2.45) is 4.99 Å². The topological polar surface area (TPSA) is 76.0 Å². The molecule has 0 saturated heterocycles. The lowest BCUT2D eigenvalue weighted by molar-refractivity contribution is 0.475. The van der Waals surface area contributed by atoms with E-state index in [9.17, 15) is 13.5 Å². The first-order chi connectivity index (χ1) is 12.4. The van der Waals surface area contributed by atoms with Crippen molar-refractivity contribution < 1.29 is 17.7 Å². The van der Waals surface area contributed by atoms with E-state index in [4.69, 9.17) is 4.18 Å². The molecule has 0 unspecified atom stereocenters. The lowest BCUT2D eigenvalue weighted by atomic mass is 10.2. The Kier molecular flexibility index (Phi) is 5.04. The number of aliphatic imine (C=N–C) groups is 1. The van der Waals surface area contributed by atoms with Crippen LogP contribution in [0.25, 0.3) is 0 Å². The Morgan fingerprint density at radius 2 is 1.58 bits per heavy atom. The highest BCUT2D eigenvalue weighted by molar-refractivity contribution is 7.87. The van der Waals surface area contributed by atoms with Crippen molar-refractivity contribution in [1.29, 1.82) is 0 Å². The van der Waals surface area contributed by atoms with Crippen LogP contribution in [0.2, 0.25) is 0 Å². The van der Waals surface area contributed by atoms with Crippen LogP contribution in [0.1, 0.15) is 11.1 Å². The minimum Gasteiger partial charge on any atom is -0.508 e. The number of phenolic OH excluding ortho intramolecular Hbond substituents is 1. The number of hydrogen-bond donors (Lipinski definition) is 1. The minimum absolute atomic E-state index is 0.0837. The van der Waals surface area contributed by atoms with Crippen LogP contribution in [0.5, 0.6) is 11.5 Å². The van der Waals surface area contributed by atoms with Gasteiger partial charge < -0.3 is 9.29 Å². The second-order valence-electron chi connectivity index (χ2n) is 5.67. The maximum atomic E-state index is 12.5. The Morgan fingerprint density at radius 3 is 2.27 bits per heavy atom. The molecule has 1 N–H and O–H groups in total. The molecule has 0 radical (unpaired) electrons. The molecule has 132 valence electrons. The average molecular weight is 367 g/mol. The summed E-state index contributed by atoms with van der Waals surface area (Å²) in [5.41, 5.74) is 2.11. The fourth-order valence-electron chi connectivity index (χ4n) is 2.21. The molecule has 3 aromatic rings. The third-order valence-corrected chi connectivity index (χ3v) is 4.87. The molecule has 0 heterocycles. The van der Waals surface area contributed by atoms with Crippen LogP contribution in [0.3, 0.4) is 0 Å². The zero-order valence-electron chi connectivity index (χ0n) is 14.0. The number of benzene rings is 3. The molecule has 0 spiro atoms. The molecule has 3 rings (SSSR count). The van der Waals surface area contributed by atoms with Gasteiger partial charge in [0.05, 0.1) is 0 Å². The summed E-state index contributed by atoms with van der Waals surface area (Å²) >= 11 is 0. The Labute approximate surface area is 152 Å². The number of aromatic hydroxyl groups is 1. The second kappa shape index (κ2) is 7.41. The van der Waals surface area contributed by atoms with Gasteiger partial charge in [0.1, 0.15) is 16.3 Å². The van der Waals surface area contributed by atoms with Gasteiger partial charge in [0.2, 0.25) is 0 Å². The lowest BCUT2D eigenvalue weighted by Crippen LogP contribution is -2.09. The summed E-state index contributed by atoms with van der Waals surface area (Å²) in [6, 6.07) is 19.6. The SMILES string of the molecule is Cc1ccc(S(=O)(=O)Oc2ccccc2N=Cc2ccc(O)cc2)cc1.